The lowest BCUT2D eigenvalue weighted by Gasteiger charge is -2.10. The summed E-state index contributed by atoms with van der Waals surface area (Å²) in [5.41, 5.74) is 8.40. The smallest absolute Gasteiger partial charge is 0.000825 e. The van der Waals surface area contributed by atoms with Gasteiger partial charge in [-0.05, 0) is 56.4 Å². The first-order valence-corrected chi connectivity index (χ1v) is 6.19. The van der Waals surface area contributed by atoms with Crippen LogP contribution in [0.25, 0.3) is 0 Å². The second kappa shape index (κ2) is 7.42. The van der Waals surface area contributed by atoms with Gasteiger partial charge in [-0.2, -0.15) is 0 Å². The third-order valence-corrected chi connectivity index (χ3v) is 3.05. The highest BCUT2D eigenvalue weighted by Gasteiger charge is 1.99. The molecule has 0 aliphatic heterocycles. The first-order valence-electron chi connectivity index (χ1n) is 6.19. The molecule has 1 aromatic carbocycles. The van der Waals surface area contributed by atoms with E-state index >= 15 is 0 Å². The van der Waals surface area contributed by atoms with E-state index in [1.165, 1.54) is 17.5 Å². The van der Waals surface area contributed by atoms with Crippen molar-refractivity contribution in [3.63, 3.8) is 0 Å². The number of nitrogens with two attached hydrogens (primary N) is 1. The molecule has 1 unspecified atom stereocenters. The Labute approximate surface area is 99.2 Å². The maximum Gasteiger partial charge on any atom is -0.000825 e. The van der Waals surface area contributed by atoms with Gasteiger partial charge in [-0.15, -0.1) is 0 Å². The molecular weight excluding hydrogens is 196 g/mol. The van der Waals surface area contributed by atoms with E-state index in [9.17, 15) is 0 Å². The van der Waals surface area contributed by atoms with Gasteiger partial charge >= 0.3 is 0 Å². The van der Waals surface area contributed by atoms with Gasteiger partial charge in [0.15, 0.2) is 0 Å². The van der Waals surface area contributed by atoms with Crippen molar-refractivity contribution in [3.8, 4) is 0 Å². The van der Waals surface area contributed by atoms with Gasteiger partial charge in [0.25, 0.3) is 0 Å². The van der Waals surface area contributed by atoms with E-state index < -0.39 is 0 Å². The van der Waals surface area contributed by atoms with Crippen LogP contribution in [0.2, 0.25) is 0 Å². The topological polar surface area (TPSA) is 38.0 Å². The lowest BCUT2D eigenvalue weighted by molar-refractivity contribution is 0.511. The van der Waals surface area contributed by atoms with Gasteiger partial charge < -0.3 is 11.1 Å². The highest BCUT2D eigenvalue weighted by Crippen LogP contribution is 2.06. The third-order valence-electron chi connectivity index (χ3n) is 3.05. The first-order chi connectivity index (χ1) is 7.74. The van der Waals surface area contributed by atoms with Crippen molar-refractivity contribution in [1.29, 1.82) is 0 Å². The molecule has 0 aromatic heterocycles. The number of hydrogen-bond acceptors (Lipinski definition) is 2. The van der Waals surface area contributed by atoms with Crippen molar-refractivity contribution in [2.45, 2.75) is 26.7 Å². The summed E-state index contributed by atoms with van der Waals surface area (Å²) < 4.78 is 0. The van der Waals surface area contributed by atoms with Crippen LogP contribution in [0.3, 0.4) is 0 Å². The van der Waals surface area contributed by atoms with Crippen LogP contribution in [-0.2, 0) is 6.42 Å². The van der Waals surface area contributed by atoms with Crippen LogP contribution >= 0.6 is 0 Å². The van der Waals surface area contributed by atoms with E-state index in [0.717, 1.165) is 26.1 Å². The third kappa shape index (κ3) is 4.77. The molecular formula is C14H24N2. The fourth-order valence-corrected chi connectivity index (χ4v) is 1.70. The van der Waals surface area contributed by atoms with E-state index in [4.69, 9.17) is 5.73 Å². The first kappa shape index (κ1) is 13.2. The van der Waals surface area contributed by atoms with E-state index in [2.05, 4.69) is 43.4 Å². The highest BCUT2D eigenvalue weighted by atomic mass is 14.8. The Morgan fingerprint density at radius 2 is 2.00 bits per heavy atom. The molecule has 1 aromatic rings. The van der Waals surface area contributed by atoms with Gasteiger partial charge in [0.1, 0.15) is 0 Å². The molecule has 1 rings (SSSR count). The van der Waals surface area contributed by atoms with Crippen molar-refractivity contribution in [2.75, 3.05) is 19.6 Å². The molecule has 0 saturated carbocycles. The molecule has 0 aliphatic carbocycles. The van der Waals surface area contributed by atoms with Crippen molar-refractivity contribution in [2.24, 2.45) is 11.7 Å². The van der Waals surface area contributed by atoms with Gasteiger partial charge in [0.05, 0.1) is 0 Å². The molecule has 2 nitrogen and oxygen atoms in total. The van der Waals surface area contributed by atoms with Crippen molar-refractivity contribution in [3.05, 3.63) is 35.4 Å². The summed E-state index contributed by atoms with van der Waals surface area (Å²) in [6.07, 6.45) is 2.29. The van der Waals surface area contributed by atoms with Gasteiger partial charge in [-0.25, -0.2) is 0 Å². The summed E-state index contributed by atoms with van der Waals surface area (Å²) in [5.74, 6) is 0.631. The Morgan fingerprint density at radius 3 is 2.69 bits per heavy atom. The van der Waals surface area contributed by atoms with Crippen LogP contribution in [0.5, 0.6) is 0 Å². The molecule has 0 bridgehead atoms. The maximum atomic E-state index is 5.57. The molecule has 0 heterocycles. The summed E-state index contributed by atoms with van der Waals surface area (Å²) in [7, 11) is 0. The molecule has 0 amide bonds. The van der Waals surface area contributed by atoms with Crippen LogP contribution < -0.4 is 11.1 Å². The minimum Gasteiger partial charge on any atom is -0.330 e. The zero-order valence-corrected chi connectivity index (χ0v) is 10.5. The summed E-state index contributed by atoms with van der Waals surface area (Å²) in [6.45, 7) is 7.29. The Balaban J connectivity index is 2.14. The molecule has 90 valence electrons. The van der Waals surface area contributed by atoms with Gasteiger partial charge in [0, 0.05) is 0 Å². The lowest BCUT2D eigenvalue weighted by Crippen LogP contribution is -2.22. The predicted molar refractivity (Wildman–Crippen MR) is 70.6 cm³/mol. The zero-order valence-electron chi connectivity index (χ0n) is 10.5. The Hall–Kier alpha value is -0.860. The second-order valence-electron chi connectivity index (χ2n) is 4.56. The van der Waals surface area contributed by atoms with E-state index in [1.54, 1.807) is 0 Å². The molecule has 0 saturated heterocycles. The van der Waals surface area contributed by atoms with E-state index in [-0.39, 0.29) is 0 Å². The number of hydrogen-bond donors (Lipinski definition) is 2. The zero-order chi connectivity index (χ0) is 11.8. The van der Waals surface area contributed by atoms with Crippen LogP contribution in [-0.4, -0.2) is 19.6 Å². The molecule has 0 radical (unpaired) electrons. The largest absolute Gasteiger partial charge is 0.330 e. The molecule has 2 heteroatoms. The predicted octanol–water partition coefficient (Wildman–Crippen LogP) is 2.11. The molecule has 0 spiro atoms. The van der Waals surface area contributed by atoms with Crippen molar-refractivity contribution >= 4 is 0 Å². The normalized spacial score (nSPS) is 12.7. The monoisotopic (exact) mass is 220 g/mol. The van der Waals surface area contributed by atoms with Crippen LogP contribution in [0.4, 0.5) is 0 Å². The average Bonchev–Trinajstić information content (AvgIpc) is 2.30. The average molecular weight is 220 g/mol. The number of benzene rings is 1. The summed E-state index contributed by atoms with van der Waals surface area (Å²) in [6, 6.07) is 8.58. The molecule has 3 N–H and O–H groups in total. The highest BCUT2D eigenvalue weighted by molar-refractivity contribution is 5.25. The fourth-order valence-electron chi connectivity index (χ4n) is 1.70. The van der Waals surface area contributed by atoms with Crippen LogP contribution in [0.15, 0.2) is 24.3 Å². The fraction of sp³-hybridized carbons (Fsp3) is 0.571. The van der Waals surface area contributed by atoms with Gasteiger partial charge in [-0.1, -0.05) is 31.2 Å². The minimum atomic E-state index is 0.631. The number of aryl methyl sites for hydroxylation is 1. The summed E-state index contributed by atoms with van der Waals surface area (Å²) >= 11 is 0. The molecule has 16 heavy (non-hydrogen) atoms. The Kier molecular flexibility index (Phi) is 6.12. The standard InChI is InChI=1S/C14H24N2/c1-12(11-15)7-9-16-10-8-14-6-4-3-5-13(14)2/h3-6,12,16H,7-11,15H2,1-2H3. The second-order valence-corrected chi connectivity index (χ2v) is 4.56. The summed E-state index contributed by atoms with van der Waals surface area (Å²) in [4.78, 5) is 0. The molecule has 0 aliphatic rings. The number of rotatable bonds is 7. The molecule has 1 atom stereocenters. The van der Waals surface area contributed by atoms with Gasteiger partial charge in [-0.3, -0.25) is 0 Å². The van der Waals surface area contributed by atoms with Crippen LogP contribution in [0.1, 0.15) is 24.5 Å². The number of nitrogens with one attached hydrogen (secondary N) is 1. The SMILES string of the molecule is Cc1ccccc1CCNCCC(C)CN. The quantitative estimate of drug-likeness (QED) is 0.691. The van der Waals surface area contributed by atoms with Crippen molar-refractivity contribution < 1.29 is 0 Å². The maximum absolute atomic E-state index is 5.57. The van der Waals surface area contributed by atoms with Crippen molar-refractivity contribution in [1.82, 2.24) is 5.32 Å². The van der Waals surface area contributed by atoms with Crippen LogP contribution in [0, 0.1) is 12.8 Å². The lowest BCUT2D eigenvalue weighted by atomic mass is 10.1. The van der Waals surface area contributed by atoms with E-state index in [0.29, 0.717) is 5.92 Å². The minimum absolute atomic E-state index is 0.631. The van der Waals surface area contributed by atoms with Gasteiger partial charge in [0.2, 0.25) is 0 Å². The molecule has 0 fully saturated rings. The Bertz CT molecular complexity index is 297. The van der Waals surface area contributed by atoms with E-state index in [1.807, 2.05) is 0 Å². The Morgan fingerprint density at radius 1 is 1.25 bits per heavy atom. The summed E-state index contributed by atoms with van der Waals surface area (Å²) in [5, 5.41) is 3.47.